The van der Waals surface area contributed by atoms with Crippen molar-refractivity contribution >= 4 is 11.4 Å². The first kappa shape index (κ1) is 16.1. The molecule has 0 radical (unpaired) electrons. The van der Waals surface area contributed by atoms with Gasteiger partial charge in [0.15, 0.2) is 0 Å². The summed E-state index contributed by atoms with van der Waals surface area (Å²) in [4.78, 5) is 32.1. The maximum absolute atomic E-state index is 12.0. The molecule has 3 rings (SSSR count). The number of nitriles is 1. The normalized spacial score (nSPS) is 15.4. The van der Waals surface area contributed by atoms with Gasteiger partial charge in [0.2, 0.25) is 0 Å². The van der Waals surface area contributed by atoms with E-state index in [1.54, 1.807) is 12.4 Å². The predicted molar refractivity (Wildman–Crippen MR) is 91.8 cm³/mol. The van der Waals surface area contributed by atoms with E-state index in [0.29, 0.717) is 37.4 Å². The summed E-state index contributed by atoms with van der Waals surface area (Å²) in [5.41, 5.74) is 1.02. The smallest absolute Gasteiger partial charge is 0.253 e. The number of nitrogens with one attached hydrogen (secondary N) is 1. The molecule has 2 heterocycles. The Bertz CT molecular complexity index is 797. The zero-order valence-corrected chi connectivity index (χ0v) is 13.4. The average Bonchev–Trinajstić information content (AvgIpc) is 2.64. The van der Waals surface area contributed by atoms with Gasteiger partial charge in [-0.2, -0.15) is 5.26 Å². The van der Waals surface area contributed by atoms with Gasteiger partial charge in [-0.25, -0.2) is 0 Å². The number of nitrogens with zero attached hydrogens (tertiary/aromatic N) is 4. The van der Waals surface area contributed by atoms with E-state index in [2.05, 4.69) is 21.3 Å². The molecule has 1 aliphatic heterocycles. The molecule has 124 valence electrons. The highest BCUT2D eigenvalue weighted by Gasteiger charge is 2.28. The second-order valence-electron chi connectivity index (χ2n) is 5.83. The van der Waals surface area contributed by atoms with E-state index in [9.17, 15) is 9.59 Å². The molecule has 0 atom stereocenters. The third-order valence-corrected chi connectivity index (χ3v) is 4.31. The Balaban J connectivity index is 1.63. The molecule has 0 unspecified atom stereocenters. The fourth-order valence-corrected chi connectivity index (χ4v) is 2.94. The predicted octanol–water partition coefficient (Wildman–Crippen LogP) is 0.325. The summed E-state index contributed by atoms with van der Waals surface area (Å²) in [5.74, 6) is 0. The summed E-state index contributed by atoms with van der Waals surface area (Å²) in [6, 6.07) is 5.89. The van der Waals surface area contributed by atoms with Crippen LogP contribution in [0.25, 0.3) is 0 Å². The van der Waals surface area contributed by atoms with Crippen LogP contribution in [-0.2, 0) is 6.54 Å². The molecule has 0 spiro atoms. The standard InChI is InChI=1S/C17H19N5O2/c18-4-2-6-21-7-9-22(10-8-21)15-14(16(23)17(15)24)20-12-13-3-1-5-19-11-13/h1,3,5,11,20H,2,6-10,12H2. The Hall–Kier alpha value is -2.72. The van der Waals surface area contributed by atoms with Gasteiger partial charge in [-0.1, -0.05) is 6.07 Å². The number of pyridine rings is 1. The van der Waals surface area contributed by atoms with Crippen LogP contribution in [0.4, 0.5) is 11.4 Å². The molecular weight excluding hydrogens is 306 g/mol. The van der Waals surface area contributed by atoms with Crippen molar-refractivity contribution in [3.8, 4) is 6.07 Å². The third-order valence-electron chi connectivity index (χ3n) is 4.31. The first-order valence-electron chi connectivity index (χ1n) is 8.01. The number of hydrogen-bond donors (Lipinski definition) is 1. The molecule has 0 aliphatic carbocycles. The molecule has 1 fully saturated rings. The van der Waals surface area contributed by atoms with Crippen molar-refractivity contribution < 1.29 is 0 Å². The molecule has 0 saturated carbocycles. The lowest BCUT2D eigenvalue weighted by molar-refractivity contribution is 0.263. The lowest BCUT2D eigenvalue weighted by atomic mass is 10.1. The maximum Gasteiger partial charge on any atom is 0.253 e. The van der Waals surface area contributed by atoms with Crippen molar-refractivity contribution in [1.29, 1.82) is 5.26 Å². The number of rotatable bonds is 6. The van der Waals surface area contributed by atoms with Crippen LogP contribution in [0.2, 0.25) is 0 Å². The van der Waals surface area contributed by atoms with Crippen LogP contribution in [0, 0.1) is 11.3 Å². The van der Waals surface area contributed by atoms with E-state index < -0.39 is 10.9 Å². The van der Waals surface area contributed by atoms with Crippen LogP contribution >= 0.6 is 0 Å². The van der Waals surface area contributed by atoms with E-state index >= 15 is 0 Å². The lowest BCUT2D eigenvalue weighted by Gasteiger charge is -2.36. The number of hydrogen-bond acceptors (Lipinski definition) is 7. The second kappa shape index (κ2) is 7.23. The van der Waals surface area contributed by atoms with E-state index in [4.69, 9.17) is 5.26 Å². The first-order valence-corrected chi connectivity index (χ1v) is 8.01. The Morgan fingerprint density at radius 1 is 1.21 bits per heavy atom. The summed E-state index contributed by atoms with van der Waals surface area (Å²) in [6.07, 6.45) is 3.93. The topological polar surface area (TPSA) is 89.3 Å². The molecule has 1 saturated heterocycles. The van der Waals surface area contributed by atoms with E-state index in [0.717, 1.165) is 25.2 Å². The van der Waals surface area contributed by atoms with Crippen molar-refractivity contribution in [2.45, 2.75) is 13.0 Å². The van der Waals surface area contributed by atoms with Crippen LogP contribution < -0.4 is 21.1 Å². The van der Waals surface area contributed by atoms with Gasteiger partial charge in [0.05, 0.1) is 6.07 Å². The van der Waals surface area contributed by atoms with Gasteiger partial charge in [0, 0.05) is 58.1 Å². The van der Waals surface area contributed by atoms with Crippen molar-refractivity contribution in [3.05, 3.63) is 50.5 Å². The maximum atomic E-state index is 12.0. The van der Waals surface area contributed by atoms with Crippen LogP contribution in [0.1, 0.15) is 12.0 Å². The largest absolute Gasteiger partial charge is 0.376 e. The van der Waals surface area contributed by atoms with Gasteiger partial charge >= 0.3 is 0 Å². The van der Waals surface area contributed by atoms with E-state index in [1.807, 2.05) is 17.0 Å². The summed E-state index contributed by atoms with van der Waals surface area (Å²) in [6.45, 7) is 4.19. The average molecular weight is 325 g/mol. The zero-order valence-electron chi connectivity index (χ0n) is 13.4. The highest BCUT2D eigenvalue weighted by molar-refractivity contribution is 5.75. The molecule has 0 bridgehead atoms. The van der Waals surface area contributed by atoms with Gasteiger partial charge in [-0.15, -0.1) is 0 Å². The van der Waals surface area contributed by atoms with Crippen molar-refractivity contribution in [1.82, 2.24) is 9.88 Å². The molecule has 1 N–H and O–H groups in total. The van der Waals surface area contributed by atoms with E-state index in [1.165, 1.54) is 0 Å². The molecule has 24 heavy (non-hydrogen) atoms. The number of piperazine rings is 1. The van der Waals surface area contributed by atoms with Gasteiger partial charge in [0.1, 0.15) is 11.4 Å². The quantitative estimate of drug-likeness (QED) is 0.765. The molecule has 1 aromatic heterocycles. The minimum atomic E-state index is -0.444. The minimum absolute atomic E-state index is 0.408. The lowest BCUT2D eigenvalue weighted by Crippen LogP contribution is -2.51. The molecule has 1 aliphatic rings. The Kier molecular flexibility index (Phi) is 4.87. The van der Waals surface area contributed by atoms with E-state index in [-0.39, 0.29) is 0 Å². The Morgan fingerprint density at radius 3 is 2.67 bits per heavy atom. The molecule has 0 amide bonds. The van der Waals surface area contributed by atoms with Crippen molar-refractivity contribution in [2.75, 3.05) is 42.9 Å². The Labute approximate surface area is 139 Å². The molecule has 7 nitrogen and oxygen atoms in total. The molecule has 2 aromatic rings. The number of aromatic nitrogens is 1. The van der Waals surface area contributed by atoms with Gasteiger partial charge < -0.3 is 10.2 Å². The van der Waals surface area contributed by atoms with Gasteiger partial charge in [-0.05, 0) is 11.6 Å². The van der Waals surface area contributed by atoms with Crippen molar-refractivity contribution in [2.24, 2.45) is 0 Å². The minimum Gasteiger partial charge on any atom is -0.376 e. The van der Waals surface area contributed by atoms with Crippen LogP contribution in [-0.4, -0.2) is 42.6 Å². The fraction of sp³-hybridized carbons (Fsp3) is 0.412. The zero-order chi connectivity index (χ0) is 16.9. The van der Waals surface area contributed by atoms with Crippen LogP contribution in [0.15, 0.2) is 34.1 Å². The monoisotopic (exact) mass is 325 g/mol. The molecule has 1 aromatic carbocycles. The highest BCUT2D eigenvalue weighted by Crippen LogP contribution is 2.22. The second-order valence-corrected chi connectivity index (χ2v) is 5.83. The first-order chi connectivity index (χ1) is 11.7. The van der Waals surface area contributed by atoms with Gasteiger partial charge in [-0.3, -0.25) is 19.5 Å². The van der Waals surface area contributed by atoms with Gasteiger partial charge in [0.25, 0.3) is 10.9 Å². The van der Waals surface area contributed by atoms with Crippen molar-refractivity contribution in [3.63, 3.8) is 0 Å². The summed E-state index contributed by atoms with van der Waals surface area (Å²) in [5, 5.41) is 11.7. The third kappa shape index (κ3) is 3.29. The summed E-state index contributed by atoms with van der Waals surface area (Å²) < 4.78 is 0. The Morgan fingerprint density at radius 2 is 2.00 bits per heavy atom. The van der Waals surface area contributed by atoms with Crippen LogP contribution in [0.3, 0.4) is 0 Å². The fourth-order valence-electron chi connectivity index (χ4n) is 2.94. The molecule has 7 heteroatoms. The number of anilines is 2. The van der Waals surface area contributed by atoms with Crippen LogP contribution in [0.5, 0.6) is 0 Å². The molecular formula is C17H19N5O2. The summed E-state index contributed by atoms with van der Waals surface area (Å²) in [7, 11) is 0. The SMILES string of the molecule is N#CCCN1CCN(c2c(NCc3cccnc3)c(=O)c2=O)CC1. The highest BCUT2D eigenvalue weighted by atomic mass is 16.2. The summed E-state index contributed by atoms with van der Waals surface area (Å²) >= 11 is 0.